The summed E-state index contributed by atoms with van der Waals surface area (Å²) in [5.41, 5.74) is 0.775. The first-order valence-corrected chi connectivity index (χ1v) is 8.89. The summed E-state index contributed by atoms with van der Waals surface area (Å²) in [5.74, 6) is -0.116. The molecule has 2 aromatic rings. The molecule has 0 aliphatic rings. The number of ether oxygens (including phenoxy) is 2. The molecule has 0 aromatic heterocycles. The molecular formula is C17H17N3O5S. The maximum atomic E-state index is 12.5. The molecule has 8 nitrogen and oxygen atoms in total. The van der Waals surface area contributed by atoms with E-state index in [1.807, 2.05) is 6.07 Å². The van der Waals surface area contributed by atoms with E-state index < -0.39 is 22.5 Å². The Kier molecular flexibility index (Phi) is 6.16. The summed E-state index contributed by atoms with van der Waals surface area (Å²) in [6.07, 6.45) is 0. The van der Waals surface area contributed by atoms with Crippen LogP contribution in [0.15, 0.2) is 47.4 Å². The van der Waals surface area contributed by atoms with E-state index in [0.29, 0.717) is 17.0 Å². The number of carbonyl (C=O) groups excluding carboxylic acids is 1. The highest BCUT2D eigenvalue weighted by molar-refractivity contribution is 7.89. The van der Waals surface area contributed by atoms with Crippen LogP contribution in [0.5, 0.6) is 11.5 Å². The number of carbonyl (C=O) groups is 1. The fourth-order valence-electron chi connectivity index (χ4n) is 2.10. The summed E-state index contributed by atoms with van der Waals surface area (Å²) in [6, 6.07) is 12.6. The number of sulfonamides is 1. The van der Waals surface area contributed by atoms with E-state index in [9.17, 15) is 13.2 Å². The van der Waals surface area contributed by atoms with E-state index in [0.717, 1.165) is 0 Å². The van der Waals surface area contributed by atoms with Crippen molar-refractivity contribution in [3.05, 3.63) is 48.0 Å². The van der Waals surface area contributed by atoms with Crippen molar-refractivity contribution in [2.75, 3.05) is 26.1 Å². The van der Waals surface area contributed by atoms with Crippen LogP contribution in [0.2, 0.25) is 0 Å². The third-order valence-electron chi connectivity index (χ3n) is 3.36. The molecule has 0 unspecified atom stereocenters. The predicted octanol–water partition coefficient (Wildman–Crippen LogP) is 1.49. The van der Waals surface area contributed by atoms with Crippen LogP contribution >= 0.6 is 0 Å². The molecule has 2 aromatic carbocycles. The maximum Gasteiger partial charge on any atom is 0.244 e. The number of nitriles is 1. The molecule has 0 spiro atoms. The largest absolute Gasteiger partial charge is 0.497 e. The number of hydrogen-bond donors (Lipinski definition) is 2. The number of rotatable bonds is 7. The minimum atomic E-state index is -4.00. The number of nitrogens with zero attached hydrogens (tertiary/aromatic N) is 1. The van der Waals surface area contributed by atoms with Crippen LogP contribution < -0.4 is 19.5 Å². The minimum absolute atomic E-state index is 0.125. The van der Waals surface area contributed by atoms with Crippen LogP contribution in [0.25, 0.3) is 0 Å². The number of amides is 1. The van der Waals surface area contributed by atoms with Gasteiger partial charge in [-0.1, -0.05) is 6.07 Å². The normalized spacial score (nSPS) is 10.7. The Morgan fingerprint density at radius 3 is 2.58 bits per heavy atom. The zero-order chi connectivity index (χ0) is 19.2. The SMILES string of the molecule is COc1ccc(OC)c(S(=O)(=O)NCC(=O)Nc2cccc(C#N)c2)c1. The van der Waals surface area contributed by atoms with Crippen molar-refractivity contribution >= 4 is 21.6 Å². The van der Waals surface area contributed by atoms with Gasteiger partial charge in [0.2, 0.25) is 15.9 Å². The van der Waals surface area contributed by atoms with E-state index in [4.69, 9.17) is 14.7 Å². The number of nitrogens with one attached hydrogen (secondary N) is 2. The molecule has 0 radical (unpaired) electrons. The van der Waals surface area contributed by atoms with Crippen molar-refractivity contribution in [1.82, 2.24) is 4.72 Å². The number of hydrogen-bond acceptors (Lipinski definition) is 6. The fraction of sp³-hybridized carbons (Fsp3) is 0.176. The van der Waals surface area contributed by atoms with Crippen LogP contribution in [0.4, 0.5) is 5.69 Å². The molecule has 0 bridgehead atoms. The Hall–Kier alpha value is -3.09. The number of benzene rings is 2. The summed E-state index contributed by atoms with van der Waals surface area (Å²) in [7, 11) is -1.25. The van der Waals surface area contributed by atoms with Gasteiger partial charge in [0.05, 0.1) is 32.4 Å². The molecule has 9 heteroatoms. The molecule has 2 N–H and O–H groups in total. The van der Waals surface area contributed by atoms with Crippen molar-refractivity contribution in [1.29, 1.82) is 5.26 Å². The quantitative estimate of drug-likeness (QED) is 0.757. The van der Waals surface area contributed by atoms with Crippen LogP contribution in [0, 0.1) is 11.3 Å². The molecule has 0 fully saturated rings. The average molecular weight is 375 g/mol. The van der Waals surface area contributed by atoms with Gasteiger partial charge < -0.3 is 14.8 Å². The van der Waals surface area contributed by atoms with Gasteiger partial charge in [-0.25, -0.2) is 13.1 Å². The van der Waals surface area contributed by atoms with Gasteiger partial charge in [-0.3, -0.25) is 4.79 Å². The Morgan fingerprint density at radius 2 is 1.92 bits per heavy atom. The second-order valence-electron chi connectivity index (χ2n) is 5.08. The lowest BCUT2D eigenvalue weighted by molar-refractivity contribution is -0.115. The summed E-state index contributed by atoms with van der Waals surface area (Å²) in [4.78, 5) is 11.9. The summed E-state index contributed by atoms with van der Waals surface area (Å²) in [5, 5.41) is 11.4. The highest BCUT2D eigenvalue weighted by atomic mass is 32.2. The van der Waals surface area contributed by atoms with Gasteiger partial charge >= 0.3 is 0 Å². The van der Waals surface area contributed by atoms with E-state index in [1.165, 1.54) is 32.4 Å². The number of methoxy groups -OCH3 is 2. The molecule has 136 valence electrons. The van der Waals surface area contributed by atoms with Crippen molar-refractivity contribution in [3.8, 4) is 17.6 Å². The van der Waals surface area contributed by atoms with E-state index in [2.05, 4.69) is 10.0 Å². The van der Waals surface area contributed by atoms with Gasteiger partial charge in [-0.15, -0.1) is 0 Å². The first kappa shape index (κ1) is 19.2. The van der Waals surface area contributed by atoms with E-state index in [1.54, 1.807) is 24.3 Å². The second kappa shape index (κ2) is 8.33. The fourth-order valence-corrected chi connectivity index (χ4v) is 3.27. The first-order valence-electron chi connectivity index (χ1n) is 7.41. The molecule has 0 aliphatic carbocycles. The topological polar surface area (TPSA) is 118 Å². The summed E-state index contributed by atoms with van der Waals surface area (Å²) >= 11 is 0. The third-order valence-corrected chi connectivity index (χ3v) is 4.78. The Morgan fingerprint density at radius 1 is 1.15 bits per heavy atom. The minimum Gasteiger partial charge on any atom is -0.497 e. The Labute approximate surface area is 151 Å². The molecule has 0 atom stereocenters. The van der Waals surface area contributed by atoms with Gasteiger partial charge in [0, 0.05) is 11.8 Å². The van der Waals surface area contributed by atoms with Gasteiger partial charge in [-0.05, 0) is 30.3 Å². The van der Waals surface area contributed by atoms with Crippen LogP contribution in [0.3, 0.4) is 0 Å². The lowest BCUT2D eigenvalue weighted by atomic mass is 10.2. The molecule has 0 saturated carbocycles. The highest BCUT2D eigenvalue weighted by Gasteiger charge is 2.21. The summed E-state index contributed by atoms with van der Waals surface area (Å²) < 4.78 is 37.2. The van der Waals surface area contributed by atoms with Gasteiger partial charge in [0.25, 0.3) is 0 Å². The number of anilines is 1. The lowest BCUT2D eigenvalue weighted by Crippen LogP contribution is -2.33. The zero-order valence-electron chi connectivity index (χ0n) is 14.1. The maximum absolute atomic E-state index is 12.5. The monoisotopic (exact) mass is 375 g/mol. The molecule has 0 saturated heterocycles. The third kappa shape index (κ3) is 4.72. The predicted molar refractivity (Wildman–Crippen MR) is 94.5 cm³/mol. The molecule has 26 heavy (non-hydrogen) atoms. The van der Waals surface area contributed by atoms with Gasteiger partial charge in [0.15, 0.2) is 0 Å². The van der Waals surface area contributed by atoms with Gasteiger partial charge in [0.1, 0.15) is 16.4 Å². The van der Waals surface area contributed by atoms with Crippen molar-refractivity contribution in [2.24, 2.45) is 0 Å². The first-order chi connectivity index (χ1) is 12.4. The average Bonchev–Trinajstić information content (AvgIpc) is 2.66. The highest BCUT2D eigenvalue weighted by Crippen LogP contribution is 2.27. The Bertz CT molecular complexity index is 951. The molecule has 0 heterocycles. The van der Waals surface area contributed by atoms with Crippen LogP contribution in [-0.4, -0.2) is 35.1 Å². The van der Waals surface area contributed by atoms with Crippen molar-refractivity contribution in [2.45, 2.75) is 4.90 Å². The standard InChI is InChI=1S/C17H17N3O5S/c1-24-14-6-7-15(25-2)16(9-14)26(22,23)19-11-17(21)20-13-5-3-4-12(8-13)10-18/h3-9,19H,11H2,1-2H3,(H,20,21). The zero-order valence-corrected chi connectivity index (χ0v) is 15.0. The second-order valence-corrected chi connectivity index (χ2v) is 6.82. The molecule has 1 amide bonds. The van der Waals surface area contributed by atoms with Crippen molar-refractivity contribution < 1.29 is 22.7 Å². The van der Waals surface area contributed by atoms with Crippen molar-refractivity contribution in [3.63, 3.8) is 0 Å². The van der Waals surface area contributed by atoms with E-state index in [-0.39, 0.29) is 10.6 Å². The lowest BCUT2D eigenvalue weighted by Gasteiger charge is -2.12. The van der Waals surface area contributed by atoms with Crippen LogP contribution in [-0.2, 0) is 14.8 Å². The smallest absolute Gasteiger partial charge is 0.244 e. The molecular weight excluding hydrogens is 358 g/mol. The molecule has 2 rings (SSSR count). The Balaban J connectivity index is 2.10. The molecule has 0 aliphatic heterocycles. The van der Waals surface area contributed by atoms with Crippen LogP contribution in [0.1, 0.15) is 5.56 Å². The summed E-state index contributed by atoms with van der Waals surface area (Å²) in [6.45, 7) is -0.487. The van der Waals surface area contributed by atoms with E-state index >= 15 is 0 Å². The van der Waals surface area contributed by atoms with Gasteiger partial charge in [-0.2, -0.15) is 5.26 Å².